The second-order valence-electron chi connectivity index (χ2n) is 8.71. The summed E-state index contributed by atoms with van der Waals surface area (Å²) in [7, 11) is 0. The van der Waals surface area contributed by atoms with Gasteiger partial charge in [-0.1, -0.05) is 48.5 Å². The molecule has 0 amide bonds. The Labute approximate surface area is 170 Å². The predicted molar refractivity (Wildman–Crippen MR) is 124 cm³/mol. The van der Waals surface area contributed by atoms with Gasteiger partial charge in [0.25, 0.3) is 0 Å². The van der Waals surface area contributed by atoms with Gasteiger partial charge in [-0.05, 0) is 61.4 Å². The van der Waals surface area contributed by atoms with Crippen LogP contribution in [-0.4, -0.2) is 15.9 Å². The molecule has 0 unspecified atom stereocenters. The number of aromatic nitrogens is 2. The van der Waals surface area contributed by atoms with Crippen LogP contribution in [0.25, 0.3) is 38.6 Å². The van der Waals surface area contributed by atoms with E-state index in [1.807, 2.05) is 0 Å². The third-order valence-corrected chi connectivity index (χ3v) is 7.60. The summed E-state index contributed by atoms with van der Waals surface area (Å²) >= 11 is 0. The third-order valence-electron chi connectivity index (χ3n) is 7.60. The molecule has 0 radical (unpaired) electrons. The number of rotatable bonds is 0. The van der Waals surface area contributed by atoms with Gasteiger partial charge in [-0.15, -0.1) is 0 Å². The second kappa shape index (κ2) is 4.86. The largest absolute Gasteiger partial charge is 0.379 e. The number of fused-ring (bicyclic) bond motifs is 4. The smallest absolute Gasteiger partial charge is 0.332 e. The van der Waals surface area contributed by atoms with Crippen molar-refractivity contribution in [3.8, 4) is 16.8 Å². The van der Waals surface area contributed by atoms with Crippen molar-refractivity contribution in [1.82, 2.24) is 9.05 Å². The van der Waals surface area contributed by atoms with Crippen LogP contribution in [0, 0.1) is 27.7 Å². The summed E-state index contributed by atoms with van der Waals surface area (Å²) in [5.74, 6) is 0. The third kappa shape index (κ3) is 1.56. The molecule has 0 fully saturated rings. The van der Waals surface area contributed by atoms with Gasteiger partial charge < -0.3 is 9.05 Å². The number of benzene rings is 3. The van der Waals surface area contributed by atoms with Crippen LogP contribution in [-0.2, 0) is 0 Å². The summed E-state index contributed by atoms with van der Waals surface area (Å²) < 4.78 is 5.12. The summed E-state index contributed by atoms with van der Waals surface area (Å²) in [6, 6.07) is 20.5. The molecule has 0 N–H and O–H groups in total. The van der Waals surface area contributed by atoms with Crippen molar-refractivity contribution in [2.45, 2.75) is 27.7 Å². The van der Waals surface area contributed by atoms with E-state index >= 15 is 0 Å². The monoisotopic (exact) mass is 372 g/mol. The predicted octanol–water partition coefficient (Wildman–Crippen LogP) is 4.77. The van der Waals surface area contributed by atoms with Gasteiger partial charge in [0.1, 0.15) is 0 Å². The SMILES string of the molecule is Cc1c(C)n2c3c(cccc13)-c1cccc3c1B2c1cccc2c(C)c(C)n-3c12. The highest BCUT2D eigenvalue weighted by molar-refractivity contribution is 6.89. The Hall–Kier alpha value is -3.20. The Kier molecular flexibility index (Phi) is 2.63. The first-order valence-corrected chi connectivity index (χ1v) is 10.4. The fourth-order valence-electron chi connectivity index (χ4n) is 6.05. The van der Waals surface area contributed by atoms with Crippen LogP contribution in [0.5, 0.6) is 0 Å². The Morgan fingerprint density at radius 3 is 2.14 bits per heavy atom. The molecule has 0 saturated heterocycles. The topological polar surface area (TPSA) is 9.86 Å². The molecule has 0 aliphatic carbocycles. The van der Waals surface area contributed by atoms with Crippen molar-refractivity contribution in [2.75, 3.05) is 0 Å². The minimum absolute atomic E-state index is 0.234. The second-order valence-corrected chi connectivity index (χ2v) is 8.71. The molecule has 2 nitrogen and oxygen atoms in total. The van der Waals surface area contributed by atoms with Crippen LogP contribution >= 0.6 is 0 Å². The van der Waals surface area contributed by atoms with Crippen LogP contribution in [0.4, 0.5) is 0 Å². The lowest BCUT2D eigenvalue weighted by molar-refractivity contribution is 1.04. The van der Waals surface area contributed by atoms with Gasteiger partial charge in [0.2, 0.25) is 0 Å². The fraction of sp³-hybridized carbons (Fsp3) is 0.154. The number of hydrogen-bond donors (Lipinski definition) is 0. The van der Waals surface area contributed by atoms with Gasteiger partial charge in [-0.2, -0.15) is 0 Å². The van der Waals surface area contributed by atoms with E-state index in [1.54, 1.807) is 0 Å². The van der Waals surface area contributed by atoms with Crippen molar-refractivity contribution in [2.24, 2.45) is 0 Å². The molecule has 4 heterocycles. The normalized spacial score (nSPS) is 13.4. The number of para-hydroxylation sites is 2. The van der Waals surface area contributed by atoms with Gasteiger partial charge in [0.05, 0.1) is 5.52 Å². The van der Waals surface area contributed by atoms with Crippen LogP contribution in [0.3, 0.4) is 0 Å². The number of nitrogens with zero attached hydrogens (tertiary/aromatic N) is 2. The molecule has 0 bridgehead atoms. The van der Waals surface area contributed by atoms with Crippen molar-refractivity contribution >= 4 is 39.6 Å². The average Bonchev–Trinajstić information content (AvgIpc) is 3.16. The van der Waals surface area contributed by atoms with E-state index in [0.29, 0.717) is 0 Å². The molecular weight excluding hydrogens is 351 g/mol. The molecule has 7 rings (SSSR count). The first-order valence-electron chi connectivity index (χ1n) is 10.4. The lowest BCUT2D eigenvalue weighted by Gasteiger charge is -2.34. The Morgan fingerprint density at radius 2 is 1.31 bits per heavy atom. The minimum atomic E-state index is 0.234. The molecule has 0 saturated carbocycles. The van der Waals surface area contributed by atoms with Crippen molar-refractivity contribution in [3.05, 3.63) is 77.1 Å². The highest BCUT2D eigenvalue weighted by atomic mass is 15.0. The lowest BCUT2D eigenvalue weighted by Crippen LogP contribution is -2.55. The Bertz CT molecular complexity index is 1550. The molecule has 0 atom stereocenters. The molecular formula is C26H21BN2. The maximum absolute atomic E-state index is 2.61. The number of hydrogen-bond acceptors (Lipinski definition) is 0. The summed E-state index contributed by atoms with van der Waals surface area (Å²) in [5, 5.41) is 2.77. The van der Waals surface area contributed by atoms with Crippen molar-refractivity contribution in [3.63, 3.8) is 0 Å². The molecule has 3 heteroatoms. The van der Waals surface area contributed by atoms with Gasteiger partial charge in [0.15, 0.2) is 0 Å². The minimum Gasteiger partial charge on any atom is -0.379 e. The summed E-state index contributed by atoms with van der Waals surface area (Å²) in [4.78, 5) is 0. The van der Waals surface area contributed by atoms with Gasteiger partial charge >= 0.3 is 6.85 Å². The van der Waals surface area contributed by atoms with Gasteiger partial charge in [-0.3, -0.25) is 0 Å². The molecule has 2 aromatic heterocycles. The molecule has 3 aromatic carbocycles. The van der Waals surface area contributed by atoms with E-state index in [-0.39, 0.29) is 6.85 Å². The maximum Gasteiger partial charge on any atom is 0.332 e. The van der Waals surface area contributed by atoms with E-state index in [9.17, 15) is 0 Å². The highest BCUT2D eigenvalue weighted by Gasteiger charge is 2.40. The molecule has 5 aromatic rings. The van der Waals surface area contributed by atoms with Crippen molar-refractivity contribution < 1.29 is 0 Å². The highest BCUT2D eigenvalue weighted by Crippen LogP contribution is 2.40. The van der Waals surface area contributed by atoms with E-state index < -0.39 is 0 Å². The van der Waals surface area contributed by atoms with E-state index in [2.05, 4.69) is 91.3 Å². The zero-order valence-corrected chi connectivity index (χ0v) is 17.2. The van der Waals surface area contributed by atoms with Crippen LogP contribution < -0.4 is 10.9 Å². The molecule has 2 aliphatic heterocycles. The molecule has 2 aliphatic rings. The van der Waals surface area contributed by atoms with E-state index in [0.717, 1.165) is 0 Å². The Balaban J connectivity index is 1.79. The zero-order chi connectivity index (χ0) is 19.6. The average molecular weight is 372 g/mol. The zero-order valence-electron chi connectivity index (χ0n) is 17.2. The van der Waals surface area contributed by atoms with Gasteiger partial charge in [0, 0.05) is 38.9 Å². The molecule has 0 spiro atoms. The van der Waals surface area contributed by atoms with Crippen molar-refractivity contribution in [1.29, 1.82) is 0 Å². The fourth-order valence-corrected chi connectivity index (χ4v) is 6.05. The molecule has 138 valence electrons. The van der Waals surface area contributed by atoms with Crippen LogP contribution in [0.15, 0.2) is 54.6 Å². The quantitative estimate of drug-likeness (QED) is 0.340. The van der Waals surface area contributed by atoms with E-state index in [4.69, 9.17) is 0 Å². The van der Waals surface area contributed by atoms with Crippen LogP contribution in [0.1, 0.15) is 22.5 Å². The summed E-state index contributed by atoms with van der Waals surface area (Å²) in [6.45, 7) is 9.32. The van der Waals surface area contributed by atoms with E-state index in [1.165, 1.54) is 72.1 Å². The lowest BCUT2D eigenvalue weighted by atomic mass is 9.45. The van der Waals surface area contributed by atoms with Gasteiger partial charge in [-0.25, -0.2) is 0 Å². The summed E-state index contributed by atoms with van der Waals surface area (Å²) in [6.07, 6.45) is 0. The Morgan fingerprint density at radius 1 is 0.655 bits per heavy atom. The first-order chi connectivity index (χ1) is 14.1. The van der Waals surface area contributed by atoms with Crippen LogP contribution in [0.2, 0.25) is 0 Å². The summed E-state index contributed by atoms with van der Waals surface area (Å²) in [5.41, 5.74) is 15.3. The molecule has 29 heavy (non-hydrogen) atoms. The standard InChI is InChI=1S/C26H21BN2/c1-14-16(3)28-23-13-7-10-20-21-11-5-8-18-15(2)17(4)29(25(18)21)27(24(20)23)22-12-6-9-19(14)26(22)28/h5-13H,1-4H3. The first kappa shape index (κ1) is 15.7. The maximum atomic E-state index is 2.61. The number of aryl methyl sites for hydroxylation is 2.